The Hall–Kier alpha value is -2.88. The molecule has 0 radical (unpaired) electrons. The molecule has 0 saturated heterocycles. The van der Waals surface area contributed by atoms with Gasteiger partial charge in [0.1, 0.15) is 5.52 Å². The van der Waals surface area contributed by atoms with Crippen molar-refractivity contribution in [2.24, 2.45) is 4.99 Å². The van der Waals surface area contributed by atoms with Crippen molar-refractivity contribution in [2.75, 3.05) is 0 Å². The molecule has 144 valence electrons. The van der Waals surface area contributed by atoms with E-state index < -0.39 is 0 Å². The zero-order chi connectivity index (χ0) is 20.4. The summed E-state index contributed by atoms with van der Waals surface area (Å²) in [5, 5.41) is 1.21. The van der Waals surface area contributed by atoms with Gasteiger partial charge in [-0.15, -0.1) is 0 Å². The van der Waals surface area contributed by atoms with Gasteiger partial charge in [-0.25, -0.2) is 4.98 Å². The highest BCUT2D eigenvalue weighted by molar-refractivity contribution is 6.35. The van der Waals surface area contributed by atoms with E-state index in [0.717, 1.165) is 27.9 Å². The number of hydrogen-bond donors (Lipinski definition) is 0. The van der Waals surface area contributed by atoms with Gasteiger partial charge in [-0.3, -0.25) is 4.99 Å². The number of benzene rings is 3. The third-order valence-corrected chi connectivity index (χ3v) is 5.24. The maximum Gasteiger partial charge on any atom is 0.227 e. The maximum atomic E-state index is 6.16. The van der Waals surface area contributed by atoms with Crippen LogP contribution in [-0.4, -0.2) is 11.2 Å². The van der Waals surface area contributed by atoms with Crippen LogP contribution in [0.2, 0.25) is 10.0 Å². The van der Waals surface area contributed by atoms with Crippen molar-refractivity contribution < 1.29 is 4.42 Å². The van der Waals surface area contributed by atoms with Gasteiger partial charge in [0.25, 0.3) is 0 Å². The van der Waals surface area contributed by atoms with Gasteiger partial charge >= 0.3 is 0 Å². The van der Waals surface area contributed by atoms with Crippen LogP contribution in [0, 0.1) is 13.8 Å². The minimum atomic E-state index is 0.602. The summed E-state index contributed by atoms with van der Waals surface area (Å²) in [5.41, 5.74) is 6.62. The first-order valence-electron chi connectivity index (χ1n) is 9.13. The van der Waals surface area contributed by atoms with Crippen molar-refractivity contribution in [1.82, 2.24) is 4.98 Å². The number of hydrogen-bond acceptors (Lipinski definition) is 3. The number of rotatable bonds is 4. The lowest BCUT2D eigenvalue weighted by atomic mass is 10.1. The first kappa shape index (κ1) is 19.4. The van der Waals surface area contributed by atoms with E-state index in [1.54, 1.807) is 18.3 Å². The average Bonchev–Trinajstić information content (AvgIpc) is 3.12. The molecule has 0 aliphatic carbocycles. The third-order valence-electron chi connectivity index (χ3n) is 4.67. The van der Waals surface area contributed by atoms with E-state index in [1.807, 2.05) is 42.5 Å². The van der Waals surface area contributed by atoms with E-state index in [9.17, 15) is 0 Å². The fourth-order valence-corrected chi connectivity index (χ4v) is 3.38. The predicted octanol–water partition coefficient (Wildman–Crippen LogP) is 7.83. The second-order valence-corrected chi connectivity index (χ2v) is 7.62. The highest BCUT2D eigenvalue weighted by atomic mass is 35.5. The Balaban J connectivity index is 1.55. The van der Waals surface area contributed by atoms with Crippen molar-refractivity contribution in [3.05, 3.63) is 87.4 Å². The second-order valence-electron chi connectivity index (χ2n) is 6.77. The number of halogens is 2. The SMILES string of the molecule is Cc1ccc(-c2nc3cc(N=CC=Cc4ccc(Cl)cc4Cl)ccc3o2)cc1C. The fourth-order valence-electron chi connectivity index (χ4n) is 2.91. The molecule has 4 rings (SSSR count). The molecule has 0 saturated carbocycles. The number of aromatic nitrogens is 1. The first-order valence-corrected chi connectivity index (χ1v) is 9.89. The zero-order valence-electron chi connectivity index (χ0n) is 16.0. The molecule has 4 aromatic rings. The Kier molecular flexibility index (Phi) is 5.52. The largest absolute Gasteiger partial charge is 0.436 e. The summed E-state index contributed by atoms with van der Waals surface area (Å²) in [6.07, 6.45) is 5.44. The monoisotopic (exact) mass is 420 g/mol. The van der Waals surface area contributed by atoms with Crippen LogP contribution >= 0.6 is 23.2 Å². The van der Waals surface area contributed by atoms with Crippen LogP contribution in [0.5, 0.6) is 0 Å². The first-order chi connectivity index (χ1) is 14.0. The summed E-state index contributed by atoms with van der Waals surface area (Å²) in [7, 11) is 0. The van der Waals surface area contributed by atoms with Crippen LogP contribution in [0.25, 0.3) is 28.6 Å². The van der Waals surface area contributed by atoms with Crippen molar-refractivity contribution in [1.29, 1.82) is 0 Å². The number of aliphatic imine (C=N–C) groups is 1. The minimum absolute atomic E-state index is 0.602. The molecule has 0 unspecified atom stereocenters. The minimum Gasteiger partial charge on any atom is -0.436 e. The molecule has 3 aromatic carbocycles. The van der Waals surface area contributed by atoms with Gasteiger partial charge in [0.05, 0.1) is 5.69 Å². The van der Waals surface area contributed by atoms with Gasteiger partial charge in [0.2, 0.25) is 5.89 Å². The highest BCUT2D eigenvalue weighted by Crippen LogP contribution is 2.28. The second kappa shape index (κ2) is 8.24. The van der Waals surface area contributed by atoms with Crippen molar-refractivity contribution in [2.45, 2.75) is 13.8 Å². The van der Waals surface area contributed by atoms with E-state index in [2.05, 4.69) is 36.0 Å². The van der Waals surface area contributed by atoms with E-state index >= 15 is 0 Å². The predicted molar refractivity (Wildman–Crippen MR) is 123 cm³/mol. The fraction of sp³-hybridized carbons (Fsp3) is 0.0833. The zero-order valence-corrected chi connectivity index (χ0v) is 17.5. The number of aryl methyl sites for hydroxylation is 2. The van der Waals surface area contributed by atoms with Crippen LogP contribution in [0.4, 0.5) is 5.69 Å². The molecular formula is C24H18Cl2N2O. The summed E-state index contributed by atoms with van der Waals surface area (Å²) in [4.78, 5) is 9.09. The van der Waals surface area contributed by atoms with Crippen LogP contribution in [0.1, 0.15) is 16.7 Å². The molecule has 1 heterocycles. The molecule has 0 fully saturated rings. The van der Waals surface area contributed by atoms with Crippen molar-refractivity contribution in [3.63, 3.8) is 0 Å². The number of oxazole rings is 1. The molecule has 1 aromatic heterocycles. The normalized spacial score (nSPS) is 11.9. The third kappa shape index (κ3) is 4.42. The van der Waals surface area contributed by atoms with Crippen molar-refractivity contribution >= 4 is 52.3 Å². The van der Waals surface area contributed by atoms with Gasteiger partial charge in [-0.2, -0.15) is 0 Å². The van der Waals surface area contributed by atoms with E-state index in [4.69, 9.17) is 27.6 Å². The quantitative estimate of drug-likeness (QED) is 0.315. The molecule has 0 bridgehead atoms. The van der Waals surface area contributed by atoms with Crippen molar-refractivity contribution in [3.8, 4) is 11.5 Å². The van der Waals surface area contributed by atoms with Gasteiger partial charge in [-0.05, 0) is 79.1 Å². The molecule has 0 spiro atoms. The average molecular weight is 421 g/mol. The lowest BCUT2D eigenvalue weighted by molar-refractivity contribution is 0.620. The highest BCUT2D eigenvalue weighted by Gasteiger charge is 2.09. The van der Waals surface area contributed by atoms with Gasteiger partial charge in [-0.1, -0.05) is 41.4 Å². The van der Waals surface area contributed by atoms with E-state index in [1.165, 1.54) is 11.1 Å². The molecule has 3 nitrogen and oxygen atoms in total. The van der Waals surface area contributed by atoms with E-state index in [-0.39, 0.29) is 0 Å². The Morgan fingerprint density at radius 2 is 1.79 bits per heavy atom. The Labute approximate surface area is 179 Å². The Morgan fingerprint density at radius 3 is 2.59 bits per heavy atom. The van der Waals surface area contributed by atoms with Crippen LogP contribution < -0.4 is 0 Å². The molecule has 0 aliphatic heterocycles. The van der Waals surface area contributed by atoms with Crippen LogP contribution in [0.3, 0.4) is 0 Å². The molecule has 0 amide bonds. The van der Waals surface area contributed by atoms with E-state index in [0.29, 0.717) is 15.9 Å². The molecule has 5 heteroatoms. The lowest BCUT2D eigenvalue weighted by Gasteiger charge is -2.01. The lowest BCUT2D eigenvalue weighted by Crippen LogP contribution is -1.83. The summed E-state index contributed by atoms with van der Waals surface area (Å²) in [6, 6.07) is 17.3. The smallest absolute Gasteiger partial charge is 0.227 e. The van der Waals surface area contributed by atoms with Gasteiger partial charge < -0.3 is 4.42 Å². The summed E-state index contributed by atoms with van der Waals surface area (Å²) < 4.78 is 5.91. The molecule has 29 heavy (non-hydrogen) atoms. The summed E-state index contributed by atoms with van der Waals surface area (Å²) >= 11 is 12.1. The summed E-state index contributed by atoms with van der Waals surface area (Å²) in [6.45, 7) is 4.17. The molecule has 0 aliphatic rings. The standard InChI is InChI=1S/C24H18Cl2N2O/c1-15-5-6-18(12-16(15)2)24-28-22-14-20(9-10-23(22)29-24)27-11-3-4-17-7-8-19(25)13-21(17)26/h3-14H,1-2H3. The number of nitrogens with zero attached hydrogens (tertiary/aromatic N) is 2. The van der Waals surface area contributed by atoms with Gasteiger partial charge in [0, 0.05) is 21.8 Å². The molecular weight excluding hydrogens is 403 g/mol. The van der Waals surface area contributed by atoms with Crippen LogP contribution in [-0.2, 0) is 0 Å². The topological polar surface area (TPSA) is 38.4 Å². The number of allylic oxidation sites excluding steroid dienone is 1. The Bertz CT molecular complexity index is 1260. The van der Waals surface area contributed by atoms with Gasteiger partial charge in [0.15, 0.2) is 5.58 Å². The van der Waals surface area contributed by atoms with Crippen LogP contribution in [0.15, 0.2) is 70.1 Å². The molecule has 0 atom stereocenters. The number of fused-ring (bicyclic) bond motifs is 1. The Morgan fingerprint density at radius 1 is 0.931 bits per heavy atom. The summed E-state index contributed by atoms with van der Waals surface area (Å²) in [5.74, 6) is 0.613. The maximum absolute atomic E-state index is 6.16. The molecule has 0 N–H and O–H groups in total.